The highest BCUT2D eigenvalue weighted by Crippen LogP contribution is 2.04. The summed E-state index contributed by atoms with van der Waals surface area (Å²) in [6.45, 7) is 10.3. The second-order valence-corrected chi connectivity index (χ2v) is 4.54. The van der Waals surface area contributed by atoms with Crippen molar-refractivity contribution in [2.75, 3.05) is 39.5 Å². The quantitative estimate of drug-likeness (QED) is 0.479. The zero-order valence-electron chi connectivity index (χ0n) is 11.4. The van der Waals surface area contributed by atoms with Crippen LogP contribution in [-0.2, 0) is 14.3 Å². The Morgan fingerprint density at radius 2 is 2.00 bits per heavy atom. The number of esters is 1. The molecule has 5 nitrogen and oxygen atoms in total. The van der Waals surface area contributed by atoms with Gasteiger partial charge in [-0.25, -0.2) is 4.79 Å². The van der Waals surface area contributed by atoms with Crippen LogP contribution in [0.2, 0.25) is 0 Å². The fourth-order valence-corrected chi connectivity index (χ4v) is 1.45. The van der Waals surface area contributed by atoms with Gasteiger partial charge >= 0.3 is 5.97 Å². The van der Waals surface area contributed by atoms with Crippen molar-refractivity contribution in [1.29, 1.82) is 0 Å². The normalized spacial score (nSPS) is 11.9. The zero-order chi connectivity index (χ0) is 13.3. The molecule has 5 heteroatoms. The summed E-state index contributed by atoms with van der Waals surface area (Å²) in [7, 11) is 0. The molecule has 0 fully saturated rings. The molecule has 0 atom stereocenters. The number of rotatable bonds is 9. The van der Waals surface area contributed by atoms with Crippen LogP contribution < -0.4 is 0 Å². The standard InChI is InChI=1S/C12H25NO4/c1-5-13(10-12(3,4)15)7-8-16-9-11(14)17-6-2/h15H,5-10H2,1-4H3. The number of carbonyl (C=O) groups is 1. The molecule has 0 aliphatic rings. The van der Waals surface area contributed by atoms with E-state index in [2.05, 4.69) is 4.90 Å². The summed E-state index contributed by atoms with van der Waals surface area (Å²) in [4.78, 5) is 13.1. The average Bonchev–Trinajstić information content (AvgIpc) is 2.21. The van der Waals surface area contributed by atoms with Crippen LogP contribution in [0.25, 0.3) is 0 Å². The van der Waals surface area contributed by atoms with E-state index < -0.39 is 5.60 Å². The Balaban J connectivity index is 3.67. The summed E-state index contributed by atoms with van der Waals surface area (Å²) < 4.78 is 9.94. The highest BCUT2D eigenvalue weighted by molar-refractivity contribution is 5.70. The van der Waals surface area contributed by atoms with Crippen LogP contribution in [0.3, 0.4) is 0 Å². The molecule has 0 spiro atoms. The van der Waals surface area contributed by atoms with Crippen molar-refractivity contribution in [3.63, 3.8) is 0 Å². The molecule has 0 amide bonds. The van der Waals surface area contributed by atoms with E-state index in [4.69, 9.17) is 9.47 Å². The fourth-order valence-electron chi connectivity index (χ4n) is 1.45. The largest absolute Gasteiger partial charge is 0.464 e. The number of aliphatic hydroxyl groups is 1. The van der Waals surface area contributed by atoms with Crippen molar-refractivity contribution in [2.24, 2.45) is 0 Å². The van der Waals surface area contributed by atoms with E-state index in [1.807, 2.05) is 6.92 Å². The first-order valence-electron chi connectivity index (χ1n) is 6.07. The maximum atomic E-state index is 11.0. The summed E-state index contributed by atoms with van der Waals surface area (Å²) in [5.74, 6) is -0.335. The summed E-state index contributed by atoms with van der Waals surface area (Å²) >= 11 is 0. The van der Waals surface area contributed by atoms with Crippen molar-refractivity contribution < 1.29 is 19.4 Å². The van der Waals surface area contributed by atoms with Crippen LogP contribution in [0.5, 0.6) is 0 Å². The van der Waals surface area contributed by atoms with Crippen LogP contribution >= 0.6 is 0 Å². The maximum absolute atomic E-state index is 11.0. The minimum atomic E-state index is -0.711. The number of ether oxygens (including phenoxy) is 2. The van der Waals surface area contributed by atoms with Gasteiger partial charge in [-0.05, 0) is 27.3 Å². The van der Waals surface area contributed by atoms with E-state index >= 15 is 0 Å². The summed E-state index contributed by atoms with van der Waals surface area (Å²) in [6.07, 6.45) is 0. The van der Waals surface area contributed by atoms with Crippen LogP contribution in [-0.4, -0.2) is 61.0 Å². The Hall–Kier alpha value is -0.650. The molecule has 0 radical (unpaired) electrons. The van der Waals surface area contributed by atoms with Crippen molar-refractivity contribution in [1.82, 2.24) is 4.90 Å². The SMILES string of the molecule is CCOC(=O)COCCN(CC)CC(C)(C)O. The summed E-state index contributed by atoms with van der Waals surface area (Å²) in [5, 5.41) is 9.68. The summed E-state index contributed by atoms with van der Waals surface area (Å²) in [5.41, 5.74) is -0.711. The Morgan fingerprint density at radius 1 is 1.35 bits per heavy atom. The predicted octanol–water partition coefficient (Wildman–Crippen LogP) is 0.659. The van der Waals surface area contributed by atoms with E-state index in [1.54, 1.807) is 20.8 Å². The molecule has 0 saturated carbocycles. The third-order valence-corrected chi connectivity index (χ3v) is 2.13. The second kappa shape index (κ2) is 8.44. The molecule has 0 rings (SSSR count). The van der Waals surface area contributed by atoms with Crippen LogP contribution in [0.1, 0.15) is 27.7 Å². The zero-order valence-corrected chi connectivity index (χ0v) is 11.4. The lowest BCUT2D eigenvalue weighted by Gasteiger charge is -2.27. The molecule has 0 aromatic heterocycles. The molecule has 0 aromatic rings. The first-order chi connectivity index (χ1) is 7.89. The van der Waals surface area contributed by atoms with Gasteiger partial charge in [0.1, 0.15) is 6.61 Å². The van der Waals surface area contributed by atoms with Crippen LogP contribution in [0.4, 0.5) is 0 Å². The molecule has 0 unspecified atom stereocenters. The van der Waals surface area contributed by atoms with Gasteiger partial charge in [-0.1, -0.05) is 6.92 Å². The Bertz CT molecular complexity index is 213. The molecule has 0 aromatic carbocycles. The smallest absolute Gasteiger partial charge is 0.332 e. The molecule has 17 heavy (non-hydrogen) atoms. The van der Waals surface area contributed by atoms with Crippen LogP contribution in [0, 0.1) is 0 Å². The second-order valence-electron chi connectivity index (χ2n) is 4.54. The third kappa shape index (κ3) is 10.2. The van der Waals surface area contributed by atoms with Gasteiger partial charge in [0.25, 0.3) is 0 Å². The lowest BCUT2D eigenvalue weighted by molar-refractivity contribution is -0.148. The van der Waals surface area contributed by atoms with E-state index in [9.17, 15) is 9.90 Å². The van der Waals surface area contributed by atoms with Gasteiger partial charge in [0.2, 0.25) is 0 Å². The molecule has 102 valence electrons. The molecule has 0 aliphatic heterocycles. The Labute approximate surface area is 104 Å². The first-order valence-corrected chi connectivity index (χ1v) is 6.07. The molecule has 0 saturated heterocycles. The van der Waals surface area contributed by atoms with Gasteiger partial charge < -0.3 is 14.6 Å². The van der Waals surface area contributed by atoms with Gasteiger partial charge in [0.15, 0.2) is 0 Å². The number of hydrogen-bond acceptors (Lipinski definition) is 5. The lowest BCUT2D eigenvalue weighted by atomic mass is 10.1. The van der Waals surface area contributed by atoms with E-state index in [1.165, 1.54) is 0 Å². The molecule has 0 heterocycles. The average molecular weight is 247 g/mol. The topological polar surface area (TPSA) is 59.0 Å². The minimum absolute atomic E-state index is 0.00604. The van der Waals surface area contributed by atoms with Crippen molar-refractivity contribution in [3.05, 3.63) is 0 Å². The third-order valence-electron chi connectivity index (χ3n) is 2.13. The van der Waals surface area contributed by atoms with Gasteiger partial charge in [0, 0.05) is 13.1 Å². The number of carbonyl (C=O) groups excluding carboxylic acids is 1. The minimum Gasteiger partial charge on any atom is -0.464 e. The maximum Gasteiger partial charge on any atom is 0.332 e. The molecular weight excluding hydrogens is 222 g/mol. The number of likely N-dealkylation sites (N-methyl/N-ethyl adjacent to an activating group) is 1. The van der Waals surface area contributed by atoms with Gasteiger partial charge in [-0.3, -0.25) is 4.90 Å². The number of hydrogen-bond donors (Lipinski definition) is 1. The Kier molecular flexibility index (Phi) is 8.12. The predicted molar refractivity (Wildman–Crippen MR) is 65.9 cm³/mol. The number of nitrogens with zero attached hydrogens (tertiary/aromatic N) is 1. The summed E-state index contributed by atoms with van der Waals surface area (Å²) in [6, 6.07) is 0. The fraction of sp³-hybridized carbons (Fsp3) is 0.917. The van der Waals surface area contributed by atoms with Crippen LogP contribution in [0.15, 0.2) is 0 Å². The molecule has 1 N–H and O–H groups in total. The highest BCUT2D eigenvalue weighted by Gasteiger charge is 2.16. The van der Waals surface area contributed by atoms with E-state index in [-0.39, 0.29) is 12.6 Å². The van der Waals surface area contributed by atoms with E-state index in [0.29, 0.717) is 26.3 Å². The van der Waals surface area contributed by atoms with Crippen molar-refractivity contribution in [3.8, 4) is 0 Å². The molecule has 0 aliphatic carbocycles. The molecule has 0 bridgehead atoms. The highest BCUT2D eigenvalue weighted by atomic mass is 16.6. The van der Waals surface area contributed by atoms with E-state index in [0.717, 1.165) is 6.54 Å². The molecular formula is C12H25NO4. The Morgan fingerprint density at radius 3 is 2.47 bits per heavy atom. The van der Waals surface area contributed by atoms with Gasteiger partial charge in [0.05, 0.1) is 18.8 Å². The van der Waals surface area contributed by atoms with Gasteiger partial charge in [-0.2, -0.15) is 0 Å². The van der Waals surface area contributed by atoms with Crippen molar-refractivity contribution >= 4 is 5.97 Å². The van der Waals surface area contributed by atoms with Crippen molar-refractivity contribution in [2.45, 2.75) is 33.3 Å². The monoisotopic (exact) mass is 247 g/mol. The first kappa shape index (κ1) is 16.4. The lowest BCUT2D eigenvalue weighted by Crippen LogP contribution is -2.40. The van der Waals surface area contributed by atoms with Gasteiger partial charge in [-0.15, -0.1) is 0 Å².